The molecule has 0 aliphatic carbocycles. The van der Waals surface area contributed by atoms with Gasteiger partial charge in [0.05, 0.1) is 17.2 Å². The van der Waals surface area contributed by atoms with Gasteiger partial charge in [-0.15, -0.1) is 11.3 Å². The molecule has 6 nitrogen and oxygen atoms in total. The largest absolute Gasteiger partial charge is 0.454 e. The van der Waals surface area contributed by atoms with Gasteiger partial charge in [0.25, 0.3) is 0 Å². The highest BCUT2D eigenvalue weighted by atomic mass is 32.1. The van der Waals surface area contributed by atoms with E-state index in [0.29, 0.717) is 23.1 Å². The number of nitrogens with zero attached hydrogens (tertiary/aromatic N) is 5. The molecule has 238 valence electrons. The molecule has 0 spiro atoms. The van der Waals surface area contributed by atoms with Crippen LogP contribution < -0.4 is 0 Å². The lowest BCUT2D eigenvalue weighted by molar-refractivity contribution is 0.667. The van der Waals surface area contributed by atoms with Crippen LogP contribution in [0.1, 0.15) is 0 Å². The molecule has 5 heterocycles. The Morgan fingerprint density at radius 2 is 1.16 bits per heavy atom. The predicted molar refractivity (Wildman–Crippen MR) is 208 cm³/mol. The maximum absolute atomic E-state index is 6.44. The molecule has 0 atom stereocenters. The maximum atomic E-state index is 6.44. The monoisotopic (exact) mass is 671 g/mol. The molecule has 11 rings (SSSR count). The molecular weight excluding hydrogens is 647 g/mol. The third-order valence-corrected chi connectivity index (χ3v) is 10.9. The van der Waals surface area contributed by atoms with Crippen molar-refractivity contribution >= 4 is 75.3 Å². The lowest BCUT2D eigenvalue weighted by Crippen LogP contribution is -2.00. The van der Waals surface area contributed by atoms with Crippen molar-refractivity contribution in [2.45, 2.75) is 0 Å². The van der Waals surface area contributed by atoms with Gasteiger partial charge < -0.3 is 8.98 Å². The summed E-state index contributed by atoms with van der Waals surface area (Å²) < 4.78 is 11.4. The number of hydrogen-bond acceptors (Lipinski definition) is 6. The minimum absolute atomic E-state index is 0.540. The van der Waals surface area contributed by atoms with E-state index >= 15 is 0 Å². The van der Waals surface area contributed by atoms with E-state index in [1.807, 2.05) is 78.2 Å². The highest BCUT2D eigenvalue weighted by Crippen LogP contribution is 2.42. The van der Waals surface area contributed by atoms with Crippen LogP contribution in [-0.4, -0.2) is 24.5 Å². The zero-order valence-corrected chi connectivity index (χ0v) is 27.8. The van der Waals surface area contributed by atoms with Gasteiger partial charge in [-0.25, -0.2) is 15.0 Å². The Balaban J connectivity index is 1.16. The molecule has 5 aromatic heterocycles. The van der Waals surface area contributed by atoms with Gasteiger partial charge in [-0.3, -0.25) is 4.98 Å². The summed E-state index contributed by atoms with van der Waals surface area (Å²) in [6.45, 7) is 0. The van der Waals surface area contributed by atoms with Crippen molar-refractivity contribution in [3.63, 3.8) is 0 Å². The molecule has 51 heavy (non-hydrogen) atoms. The molecule has 0 bridgehead atoms. The van der Waals surface area contributed by atoms with Crippen molar-refractivity contribution in [2.24, 2.45) is 0 Å². The summed E-state index contributed by atoms with van der Waals surface area (Å²) in [4.78, 5) is 19.6. The minimum Gasteiger partial charge on any atom is -0.454 e. The summed E-state index contributed by atoms with van der Waals surface area (Å²) in [5.41, 5.74) is 7.43. The first kappa shape index (κ1) is 28.2. The molecule has 0 unspecified atom stereocenters. The molecule has 0 aliphatic heterocycles. The third kappa shape index (κ3) is 4.35. The van der Waals surface area contributed by atoms with Crippen LogP contribution in [0.4, 0.5) is 0 Å². The molecule has 0 saturated carbocycles. The number of fused-ring (bicyclic) bond motifs is 9. The first-order chi connectivity index (χ1) is 25.3. The van der Waals surface area contributed by atoms with Gasteiger partial charge >= 0.3 is 0 Å². The van der Waals surface area contributed by atoms with Crippen molar-refractivity contribution in [1.82, 2.24) is 24.5 Å². The lowest BCUT2D eigenvalue weighted by atomic mass is 10.1. The fourth-order valence-corrected chi connectivity index (χ4v) is 8.54. The van der Waals surface area contributed by atoms with Crippen LogP contribution in [0.15, 0.2) is 156 Å². The van der Waals surface area contributed by atoms with Crippen LogP contribution in [0.5, 0.6) is 0 Å². The van der Waals surface area contributed by atoms with E-state index < -0.39 is 0 Å². The highest BCUT2D eigenvalue weighted by molar-refractivity contribution is 7.25. The zero-order chi connectivity index (χ0) is 33.5. The average molecular weight is 672 g/mol. The van der Waals surface area contributed by atoms with Gasteiger partial charge in [-0.1, -0.05) is 97.1 Å². The van der Waals surface area contributed by atoms with Gasteiger partial charge in [-0.05, 0) is 42.5 Å². The third-order valence-electron chi connectivity index (χ3n) is 9.73. The van der Waals surface area contributed by atoms with Crippen LogP contribution in [0, 0.1) is 0 Å². The Morgan fingerprint density at radius 1 is 0.471 bits per heavy atom. The first-order valence-electron chi connectivity index (χ1n) is 16.8. The second kappa shape index (κ2) is 10.9. The van der Waals surface area contributed by atoms with E-state index in [0.717, 1.165) is 44.2 Å². The van der Waals surface area contributed by atoms with Crippen LogP contribution >= 0.6 is 11.3 Å². The number of thiophene rings is 1. The Labute approximate surface area is 294 Å². The first-order valence-corrected chi connectivity index (χ1v) is 17.6. The summed E-state index contributed by atoms with van der Waals surface area (Å²) in [5, 5.41) is 6.93. The Morgan fingerprint density at radius 3 is 1.94 bits per heavy atom. The fraction of sp³-hybridized carbons (Fsp3) is 0. The van der Waals surface area contributed by atoms with Crippen molar-refractivity contribution in [2.75, 3.05) is 0 Å². The van der Waals surface area contributed by atoms with E-state index in [1.165, 1.54) is 36.5 Å². The summed E-state index contributed by atoms with van der Waals surface area (Å²) in [6.07, 6.45) is 3.61. The minimum atomic E-state index is 0.540. The SMILES string of the molecule is c1ccc(-c2nc(-c3ccccc3)nc(-c3cncc4oc5ccc(-n6c7ccccc7c7cc8c(cc76)sc6ccccc68)cc5c34)n2)cc1. The van der Waals surface area contributed by atoms with Gasteiger partial charge in [0.2, 0.25) is 0 Å². The summed E-state index contributed by atoms with van der Waals surface area (Å²) >= 11 is 1.84. The predicted octanol–water partition coefficient (Wildman–Crippen LogP) is 11.6. The molecule has 0 amide bonds. The Bertz CT molecular complexity index is 3090. The number of para-hydroxylation sites is 1. The Kier molecular flexibility index (Phi) is 6.02. The maximum Gasteiger partial charge on any atom is 0.166 e. The Hall–Kier alpha value is -6.70. The van der Waals surface area contributed by atoms with Gasteiger partial charge in [0.15, 0.2) is 23.1 Å². The van der Waals surface area contributed by atoms with Gasteiger partial charge in [0.1, 0.15) is 5.58 Å². The number of benzene rings is 6. The molecule has 0 saturated heterocycles. The topological polar surface area (TPSA) is 69.6 Å². The standard InChI is InChI=1S/C44H25N5OS/c1-3-11-26(12-4-1)42-46-43(27-13-5-2-6-14-27)48-44(47-42)34-24-45-25-38-41(34)33-21-28(19-20-37(33)50-38)49-35-17-9-7-15-29(35)31-22-32-30-16-8-10-18-39(30)51-40(32)23-36(31)49/h1-25H. The second-order valence-electron chi connectivity index (χ2n) is 12.7. The van der Waals surface area contributed by atoms with Crippen molar-refractivity contribution in [1.29, 1.82) is 0 Å². The van der Waals surface area contributed by atoms with E-state index in [9.17, 15) is 0 Å². The number of furan rings is 1. The van der Waals surface area contributed by atoms with Gasteiger partial charge in [0, 0.05) is 70.3 Å². The molecule has 7 heteroatoms. The normalized spacial score (nSPS) is 11.9. The van der Waals surface area contributed by atoms with E-state index in [4.69, 9.17) is 19.4 Å². The van der Waals surface area contributed by atoms with Crippen LogP contribution in [-0.2, 0) is 0 Å². The van der Waals surface area contributed by atoms with Crippen molar-refractivity contribution in [3.8, 4) is 39.9 Å². The molecule has 6 aromatic carbocycles. The number of rotatable bonds is 4. The molecule has 11 aromatic rings. The van der Waals surface area contributed by atoms with Crippen LogP contribution in [0.2, 0.25) is 0 Å². The summed E-state index contributed by atoms with van der Waals surface area (Å²) in [6, 6.07) is 48.5. The average Bonchev–Trinajstić information content (AvgIpc) is 3.86. The quantitative estimate of drug-likeness (QED) is 0.186. The zero-order valence-electron chi connectivity index (χ0n) is 27.0. The van der Waals surface area contributed by atoms with E-state index in [1.54, 1.807) is 6.20 Å². The lowest BCUT2D eigenvalue weighted by Gasteiger charge is -2.10. The van der Waals surface area contributed by atoms with Gasteiger partial charge in [-0.2, -0.15) is 0 Å². The second-order valence-corrected chi connectivity index (χ2v) is 13.8. The molecule has 0 radical (unpaired) electrons. The summed E-state index contributed by atoms with van der Waals surface area (Å²) in [5.74, 6) is 1.74. The van der Waals surface area contributed by atoms with Crippen LogP contribution in [0.25, 0.3) is 104 Å². The fourth-order valence-electron chi connectivity index (χ4n) is 7.42. The van der Waals surface area contributed by atoms with Crippen molar-refractivity contribution < 1.29 is 4.42 Å². The molecule has 0 fully saturated rings. The summed E-state index contributed by atoms with van der Waals surface area (Å²) in [7, 11) is 0. The highest BCUT2D eigenvalue weighted by Gasteiger charge is 2.20. The molecule has 0 N–H and O–H groups in total. The van der Waals surface area contributed by atoms with Crippen LogP contribution in [0.3, 0.4) is 0 Å². The number of pyridine rings is 1. The molecule has 0 aliphatic rings. The van der Waals surface area contributed by atoms with Crippen molar-refractivity contribution in [3.05, 3.63) is 152 Å². The number of hydrogen-bond donors (Lipinski definition) is 0. The molecular formula is C44H25N5OS. The van der Waals surface area contributed by atoms with E-state index in [2.05, 4.69) is 88.4 Å². The smallest absolute Gasteiger partial charge is 0.166 e. The van der Waals surface area contributed by atoms with E-state index in [-0.39, 0.29) is 0 Å². The number of aromatic nitrogens is 5.